The van der Waals surface area contributed by atoms with Crippen LogP contribution >= 0.6 is 0 Å². The molecule has 0 saturated heterocycles. The second-order valence-electron chi connectivity index (χ2n) is 17.4. The number of carbonyl (C=O) groups is 3. The van der Waals surface area contributed by atoms with Crippen molar-refractivity contribution in [2.24, 2.45) is 0 Å². The number of carbonyl (C=O) groups excluding carboxylic acids is 3. The number of unbranched alkanes of at least 4 members (excludes halogenated alkanes) is 16. The van der Waals surface area contributed by atoms with Crippen molar-refractivity contribution in [2.45, 2.75) is 232 Å². The molecule has 0 aromatic heterocycles. The molecule has 0 aromatic rings. The lowest BCUT2D eigenvalue weighted by atomic mass is 10.1. The number of esters is 3. The number of hydrogen-bond acceptors (Lipinski definition) is 6. The van der Waals surface area contributed by atoms with Gasteiger partial charge in [-0.15, -0.1) is 0 Å². The number of ether oxygens (including phenoxy) is 3. The average Bonchev–Trinajstić information content (AvgIpc) is 3.33. The van der Waals surface area contributed by atoms with E-state index in [4.69, 9.17) is 14.2 Å². The summed E-state index contributed by atoms with van der Waals surface area (Å²) in [5.41, 5.74) is 0. The molecule has 0 spiro atoms. The van der Waals surface area contributed by atoms with Gasteiger partial charge in [-0.25, -0.2) is 0 Å². The van der Waals surface area contributed by atoms with Gasteiger partial charge in [-0.1, -0.05) is 206 Å². The van der Waals surface area contributed by atoms with Gasteiger partial charge in [0.05, 0.1) is 0 Å². The molecular weight excluding hydrogens is 829 g/mol. The van der Waals surface area contributed by atoms with Crippen molar-refractivity contribution in [1.82, 2.24) is 0 Å². The predicted octanol–water partition coefficient (Wildman–Crippen LogP) is 18.1. The van der Waals surface area contributed by atoms with Crippen LogP contribution in [0.5, 0.6) is 0 Å². The fourth-order valence-corrected chi connectivity index (χ4v) is 6.80. The van der Waals surface area contributed by atoms with Crippen LogP contribution in [-0.4, -0.2) is 37.2 Å². The van der Waals surface area contributed by atoms with Crippen molar-refractivity contribution in [1.29, 1.82) is 0 Å². The average molecular weight is 927 g/mol. The van der Waals surface area contributed by atoms with Gasteiger partial charge in [0.1, 0.15) is 13.2 Å². The quantitative estimate of drug-likeness (QED) is 0.0262. The summed E-state index contributed by atoms with van der Waals surface area (Å²) < 4.78 is 16.7. The normalized spacial score (nSPS) is 13.1. The van der Waals surface area contributed by atoms with Crippen molar-refractivity contribution in [2.75, 3.05) is 13.2 Å². The summed E-state index contributed by atoms with van der Waals surface area (Å²) in [5, 5.41) is 0. The molecule has 0 N–H and O–H groups in total. The Bertz CT molecular complexity index is 1440. The van der Waals surface area contributed by atoms with E-state index in [-0.39, 0.29) is 37.5 Å². The van der Waals surface area contributed by atoms with Gasteiger partial charge < -0.3 is 14.2 Å². The maximum atomic E-state index is 12.8. The zero-order chi connectivity index (χ0) is 48.6. The van der Waals surface area contributed by atoms with Gasteiger partial charge in [-0.2, -0.15) is 0 Å². The zero-order valence-corrected chi connectivity index (χ0v) is 43.1. The number of rotatable bonds is 47. The first-order valence-electron chi connectivity index (χ1n) is 27.0. The third-order valence-electron chi connectivity index (χ3n) is 10.9. The van der Waals surface area contributed by atoms with E-state index in [1.807, 2.05) is 12.2 Å². The minimum atomic E-state index is -0.828. The van der Waals surface area contributed by atoms with Crippen LogP contribution < -0.4 is 0 Å². The standard InChI is InChI=1S/C61H98O6/c1-4-7-10-13-16-19-22-24-26-28-30-32-34-36-39-41-44-47-50-53-59(62)65-56-58(67-61(64)55-52-49-46-43-38-21-18-15-12-9-6-3)57-66-60(63)54-51-48-45-42-40-37-35-33-31-29-27-25-23-20-17-14-11-8-5-2/h15-20,24-27,30-33,36-37,39-40,44,47,58H,4-14,21-23,28-29,34-35,38,41-43,45-46,48-57H2,1-3H3/b18-15-,19-16-,20-17-,26-24-,27-25-,32-30-,33-31-,39-36-,40-37-,47-44-/t58-/m1/s1. The summed E-state index contributed by atoms with van der Waals surface area (Å²) in [4.78, 5) is 38.0. The van der Waals surface area contributed by atoms with Gasteiger partial charge in [0.15, 0.2) is 6.10 Å². The molecule has 378 valence electrons. The van der Waals surface area contributed by atoms with Crippen LogP contribution in [-0.2, 0) is 28.6 Å². The SMILES string of the molecule is CCCC/C=C\CCCCCCCC(=O)O[C@H](COC(=O)CC/C=C\C/C=C\C/C=C\C/C=C\C/C=C\CCCCC)COC(=O)CCCCC/C=C\C/C=C\C/C=C\C/C=C\CCCCC. The molecule has 6 heteroatoms. The highest BCUT2D eigenvalue weighted by molar-refractivity contribution is 5.71. The molecule has 0 aliphatic carbocycles. The van der Waals surface area contributed by atoms with E-state index >= 15 is 0 Å². The topological polar surface area (TPSA) is 78.9 Å². The number of hydrogen-bond donors (Lipinski definition) is 0. The fraction of sp³-hybridized carbons (Fsp3) is 0.623. The Balaban J connectivity index is 4.53. The van der Waals surface area contributed by atoms with Crippen LogP contribution in [0.15, 0.2) is 122 Å². The van der Waals surface area contributed by atoms with Gasteiger partial charge in [-0.3, -0.25) is 14.4 Å². The molecule has 0 rings (SSSR count). The second-order valence-corrected chi connectivity index (χ2v) is 17.4. The summed E-state index contributed by atoms with van der Waals surface area (Å²) in [5.74, 6) is -1.05. The molecule has 0 fully saturated rings. The first-order valence-corrected chi connectivity index (χ1v) is 27.0. The Morgan fingerprint density at radius 1 is 0.299 bits per heavy atom. The maximum absolute atomic E-state index is 12.8. The molecule has 6 nitrogen and oxygen atoms in total. The van der Waals surface area contributed by atoms with Crippen LogP contribution in [0.1, 0.15) is 226 Å². The van der Waals surface area contributed by atoms with Gasteiger partial charge >= 0.3 is 17.9 Å². The summed E-state index contributed by atoms with van der Waals surface area (Å²) in [6.07, 6.45) is 74.8. The maximum Gasteiger partial charge on any atom is 0.306 e. The summed E-state index contributed by atoms with van der Waals surface area (Å²) in [6.45, 7) is 6.43. The minimum absolute atomic E-state index is 0.124. The molecule has 0 aromatic carbocycles. The Kier molecular flexibility index (Phi) is 51.0. The minimum Gasteiger partial charge on any atom is -0.462 e. The number of allylic oxidation sites excluding steroid dienone is 20. The largest absolute Gasteiger partial charge is 0.462 e. The van der Waals surface area contributed by atoms with E-state index in [0.717, 1.165) is 109 Å². The summed E-state index contributed by atoms with van der Waals surface area (Å²) >= 11 is 0. The Morgan fingerprint density at radius 2 is 0.582 bits per heavy atom. The first-order chi connectivity index (χ1) is 33.0. The van der Waals surface area contributed by atoms with E-state index in [0.29, 0.717) is 19.3 Å². The Labute approximate surface area is 412 Å². The fourth-order valence-electron chi connectivity index (χ4n) is 6.80. The molecule has 67 heavy (non-hydrogen) atoms. The highest BCUT2D eigenvalue weighted by atomic mass is 16.6. The molecule has 0 aliphatic heterocycles. The van der Waals surface area contributed by atoms with Crippen molar-refractivity contribution in [3.05, 3.63) is 122 Å². The van der Waals surface area contributed by atoms with E-state index in [9.17, 15) is 14.4 Å². The summed E-state index contributed by atoms with van der Waals surface area (Å²) in [7, 11) is 0. The predicted molar refractivity (Wildman–Crippen MR) is 288 cm³/mol. The molecule has 0 aliphatic rings. The first kappa shape index (κ1) is 62.8. The van der Waals surface area contributed by atoms with Crippen LogP contribution in [0.3, 0.4) is 0 Å². The second kappa shape index (κ2) is 54.4. The molecule has 0 heterocycles. The molecule has 0 radical (unpaired) electrons. The van der Waals surface area contributed by atoms with Gasteiger partial charge in [0.2, 0.25) is 0 Å². The molecule has 0 unspecified atom stereocenters. The van der Waals surface area contributed by atoms with Gasteiger partial charge in [0.25, 0.3) is 0 Å². The van der Waals surface area contributed by atoms with Gasteiger partial charge in [0, 0.05) is 19.3 Å². The lowest BCUT2D eigenvalue weighted by Crippen LogP contribution is -2.30. The monoisotopic (exact) mass is 927 g/mol. The van der Waals surface area contributed by atoms with E-state index in [2.05, 4.69) is 130 Å². The molecule has 0 bridgehead atoms. The van der Waals surface area contributed by atoms with Crippen LogP contribution in [0.2, 0.25) is 0 Å². The molecule has 0 amide bonds. The third kappa shape index (κ3) is 52.6. The van der Waals surface area contributed by atoms with Crippen molar-refractivity contribution >= 4 is 17.9 Å². The lowest BCUT2D eigenvalue weighted by molar-refractivity contribution is -0.166. The molecular formula is C61H98O6. The highest BCUT2D eigenvalue weighted by Crippen LogP contribution is 2.12. The highest BCUT2D eigenvalue weighted by Gasteiger charge is 2.19. The van der Waals surface area contributed by atoms with E-state index in [1.165, 1.54) is 70.6 Å². The lowest BCUT2D eigenvalue weighted by Gasteiger charge is -2.18. The van der Waals surface area contributed by atoms with Crippen LogP contribution in [0, 0.1) is 0 Å². The zero-order valence-electron chi connectivity index (χ0n) is 43.1. The van der Waals surface area contributed by atoms with Crippen LogP contribution in [0.4, 0.5) is 0 Å². The van der Waals surface area contributed by atoms with Crippen LogP contribution in [0.25, 0.3) is 0 Å². The molecule has 1 atom stereocenters. The summed E-state index contributed by atoms with van der Waals surface area (Å²) in [6, 6.07) is 0. The van der Waals surface area contributed by atoms with E-state index in [1.54, 1.807) is 0 Å². The third-order valence-corrected chi connectivity index (χ3v) is 10.9. The van der Waals surface area contributed by atoms with Crippen molar-refractivity contribution in [3.63, 3.8) is 0 Å². The van der Waals surface area contributed by atoms with E-state index < -0.39 is 6.10 Å². The molecule has 0 saturated carbocycles. The Hall–Kier alpha value is -4.19. The van der Waals surface area contributed by atoms with Gasteiger partial charge in [-0.05, 0) is 122 Å². The van der Waals surface area contributed by atoms with Crippen molar-refractivity contribution in [3.8, 4) is 0 Å². The Morgan fingerprint density at radius 3 is 1.00 bits per heavy atom. The smallest absolute Gasteiger partial charge is 0.306 e. The van der Waals surface area contributed by atoms with Crippen molar-refractivity contribution < 1.29 is 28.6 Å².